The first kappa shape index (κ1) is 25.0. The molecule has 16 heteroatoms. The van der Waals surface area contributed by atoms with Crippen molar-refractivity contribution in [1.29, 1.82) is 0 Å². The lowest BCUT2D eigenvalue weighted by Crippen LogP contribution is -2.45. The highest BCUT2D eigenvalue weighted by molar-refractivity contribution is 5.81. The summed E-state index contributed by atoms with van der Waals surface area (Å²) in [7, 11) is 0. The second kappa shape index (κ2) is 8.55. The van der Waals surface area contributed by atoms with Crippen molar-refractivity contribution in [3.63, 3.8) is 0 Å². The molecule has 1 amide bonds. The molecule has 0 spiro atoms. The second-order valence-electron chi connectivity index (χ2n) is 8.33. The van der Waals surface area contributed by atoms with Crippen LogP contribution in [-0.4, -0.2) is 61.7 Å². The fourth-order valence-electron chi connectivity index (χ4n) is 4.24. The number of hydrogen-bond acceptors (Lipinski definition) is 4. The molecule has 2 aliphatic rings. The fraction of sp³-hybridized carbons (Fsp3) is 0.579. The summed E-state index contributed by atoms with van der Waals surface area (Å²) in [6.07, 6.45) is -15.1. The third kappa shape index (κ3) is 4.61. The van der Waals surface area contributed by atoms with E-state index >= 15 is 0 Å². The van der Waals surface area contributed by atoms with Crippen molar-refractivity contribution < 1.29 is 44.3 Å². The Hall–Kier alpha value is -3.07. The Labute approximate surface area is 190 Å². The first-order valence-electron chi connectivity index (χ1n) is 10.2. The smallest absolute Gasteiger partial charge is 0.335 e. The molecule has 0 aromatic carbocycles. The van der Waals surface area contributed by atoms with E-state index in [1.165, 1.54) is 0 Å². The molecule has 2 aromatic rings. The van der Waals surface area contributed by atoms with E-state index < -0.39 is 104 Å². The van der Waals surface area contributed by atoms with Crippen LogP contribution in [0.2, 0.25) is 0 Å². The highest BCUT2D eigenvalue weighted by atomic mass is 19.4. The summed E-state index contributed by atoms with van der Waals surface area (Å²) in [5, 5.41) is 3.71. The minimum atomic E-state index is -5.14. The Morgan fingerprint density at radius 1 is 1.09 bits per heavy atom. The molecule has 0 N–H and O–H groups in total. The van der Waals surface area contributed by atoms with Gasteiger partial charge < -0.3 is 4.90 Å². The first-order valence-corrected chi connectivity index (χ1v) is 10.2. The van der Waals surface area contributed by atoms with Gasteiger partial charge in [-0.05, 0) is 12.5 Å². The van der Waals surface area contributed by atoms with Gasteiger partial charge >= 0.3 is 18.0 Å². The minimum Gasteiger partial charge on any atom is -0.335 e. The summed E-state index contributed by atoms with van der Waals surface area (Å²) < 4.78 is 122. The molecule has 4 unspecified atom stereocenters. The van der Waals surface area contributed by atoms with Gasteiger partial charge in [-0.25, -0.2) is 27.6 Å². The van der Waals surface area contributed by atoms with Gasteiger partial charge in [-0.3, -0.25) is 9.36 Å². The van der Waals surface area contributed by atoms with Crippen LogP contribution in [-0.2, 0) is 23.9 Å². The van der Waals surface area contributed by atoms with Gasteiger partial charge in [0.2, 0.25) is 5.91 Å². The third-order valence-corrected chi connectivity index (χ3v) is 5.99. The molecular formula is C19H16F9N5O2. The number of alkyl halides is 8. The van der Waals surface area contributed by atoms with E-state index in [1.54, 1.807) is 0 Å². The SMILES string of the molecule is O=C(C1CC(C(F)(F)F)Cc2nn(Cc3ccnc(C(F)(F)F)c3F)c(=O)n21)N1CC(F)C(F)C1. The van der Waals surface area contributed by atoms with Crippen LogP contribution in [0.15, 0.2) is 17.1 Å². The van der Waals surface area contributed by atoms with Crippen LogP contribution in [0.3, 0.4) is 0 Å². The monoisotopic (exact) mass is 517 g/mol. The Morgan fingerprint density at radius 3 is 2.29 bits per heavy atom. The molecule has 1 fully saturated rings. The number of carbonyl (C=O) groups is 1. The molecule has 4 atom stereocenters. The van der Waals surface area contributed by atoms with E-state index in [0.717, 1.165) is 6.07 Å². The van der Waals surface area contributed by atoms with Crippen molar-refractivity contribution in [1.82, 2.24) is 24.2 Å². The summed E-state index contributed by atoms with van der Waals surface area (Å²) >= 11 is 0. The molecule has 0 radical (unpaired) electrons. The molecule has 4 rings (SSSR count). The molecular weight excluding hydrogens is 501 g/mol. The van der Waals surface area contributed by atoms with Crippen LogP contribution in [0.4, 0.5) is 39.5 Å². The van der Waals surface area contributed by atoms with Crippen molar-refractivity contribution >= 4 is 5.91 Å². The zero-order chi connectivity index (χ0) is 25.9. The predicted octanol–water partition coefficient (Wildman–Crippen LogP) is 2.83. The third-order valence-electron chi connectivity index (χ3n) is 5.99. The van der Waals surface area contributed by atoms with Gasteiger partial charge in [-0.1, -0.05) is 0 Å². The molecule has 0 aliphatic carbocycles. The van der Waals surface area contributed by atoms with Crippen LogP contribution in [0.25, 0.3) is 0 Å². The fourth-order valence-corrected chi connectivity index (χ4v) is 4.24. The normalized spacial score (nSPS) is 25.1. The quantitative estimate of drug-likeness (QED) is 0.588. The van der Waals surface area contributed by atoms with Crippen LogP contribution in [0, 0.1) is 11.7 Å². The van der Waals surface area contributed by atoms with Gasteiger partial charge in [0.15, 0.2) is 23.9 Å². The van der Waals surface area contributed by atoms with E-state index in [1.807, 2.05) is 0 Å². The lowest BCUT2D eigenvalue weighted by atomic mass is 9.91. The highest BCUT2D eigenvalue weighted by Crippen LogP contribution is 2.39. The summed E-state index contributed by atoms with van der Waals surface area (Å²) in [6, 6.07) is -0.971. The van der Waals surface area contributed by atoms with Crippen LogP contribution >= 0.6 is 0 Å². The second-order valence-corrected chi connectivity index (χ2v) is 8.33. The number of fused-ring (bicyclic) bond motifs is 1. The number of pyridine rings is 1. The Kier molecular flexibility index (Phi) is 6.12. The van der Waals surface area contributed by atoms with Crippen molar-refractivity contribution in [2.45, 2.75) is 50.1 Å². The van der Waals surface area contributed by atoms with Crippen molar-refractivity contribution in [3.05, 3.63) is 45.6 Å². The van der Waals surface area contributed by atoms with Crippen molar-refractivity contribution in [2.75, 3.05) is 13.1 Å². The van der Waals surface area contributed by atoms with E-state index in [4.69, 9.17) is 0 Å². The molecule has 7 nitrogen and oxygen atoms in total. The van der Waals surface area contributed by atoms with Gasteiger partial charge in [-0.15, -0.1) is 0 Å². The van der Waals surface area contributed by atoms with Gasteiger partial charge in [0, 0.05) is 18.2 Å². The Balaban J connectivity index is 1.73. The van der Waals surface area contributed by atoms with E-state index in [-0.39, 0.29) is 0 Å². The number of aromatic nitrogens is 4. The zero-order valence-corrected chi connectivity index (χ0v) is 17.5. The maximum Gasteiger partial charge on any atom is 0.436 e. The van der Waals surface area contributed by atoms with E-state index in [0.29, 0.717) is 20.3 Å². The maximum atomic E-state index is 14.4. The van der Waals surface area contributed by atoms with Gasteiger partial charge in [0.05, 0.1) is 25.6 Å². The van der Waals surface area contributed by atoms with Crippen molar-refractivity contribution in [3.8, 4) is 0 Å². The van der Waals surface area contributed by atoms with Gasteiger partial charge in [-0.2, -0.15) is 31.4 Å². The molecule has 4 heterocycles. The summed E-state index contributed by atoms with van der Waals surface area (Å²) in [5.74, 6) is -5.56. The zero-order valence-electron chi connectivity index (χ0n) is 17.5. The molecule has 1 saturated heterocycles. The molecule has 0 saturated carbocycles. The summed E-state index contributed by atoms with van der Waals surface area (Å²) in [4.78, 5) is 29.4. The van der Waals surface area contributed by atoms with E-state index in [9.17, 15) is 49.1 Å². The molecule has 0 bridgehead atoms. The van der Waals surface area contributed by atoms with Gasteiger partial charge in [0.1, 0.15) is 11.9 Å². The standard InChI is InChI=1S/C19H16F9N5O2/c20-10-6-31(7-11(10)21)16(34)12-3-9(18(23,24)25)4-13-30-32(17(35)33(12)13)5-8-1-2-29-15(14(8)22)19(26,27)28/h1-2,9-12H,3-7H2. The molecule has 2 aromatic heterocycles. The first-order chi connectivity index (χ1) is 16.2. The largest absolute Gasteiger partial charge is 0.436 e. The number of amides is 1. The Bertz CT molecular complexity index is 1180. The highest BCUT2D eigenvalue weighted by Gasteiger charge is 2.49. The minimum absolute atomic E-state index is 0.437. The maximum absolute atomic E-state index is 14.4. The number of rotatable bonds is 3. The van der Waals surface area contributed by atoms with Crippen LogP contribution in [0.5, 0.6) is 0 Å². The molecule has 2 aliphatic heterocycles. The lowest BCUT2D eigenvalue weighted by Gasteiger charge is -2.32. The molecule has 192 valence electrons. The number of nitrogens with zero attached hydrogens (tertiary/aromatic N) is 5. The lowest BCUT2D eigenvalue weighted by molar-refractivity contribution is -0.183. The number of hydrogen-bond donors (Lipinski definition) is 0. The topological polar surface area (TPSA) is 73.0 Å². The predicted molar refractivity (Wildman–Crippen MR) is 98.1 cm³/mol. The van der Waals surface area contributed by atoms with Gasteiger partial charge in [0.25, 0.3) is 0 Å². The van der Waals surface area contributed by atoms with Crippen molar-refractivity contribution in [2.24, 2.45) is 5.92 Å². The average Bonchev–Trinajstić information content (AvgIpc) is 3.25. The van der Waals surface area contributed by atoms with E-state index in [2.05, 4.69) is 10.1 Å². The summed E-state index contributed by atoms with van der Waals surface area (Å²) in [6.45, 7) is -2.32. The van der Waals surface area contributed by atoms with Crippen LogP contribution < -0.4 is 5.69 Å². The van der Waals surface area contributed by atoms with Crippen LogP contribution in [0.1, 0.15) is 29.5 Å². The molecule has 35 heavy (non-hydrogen) atoms. The summed E-state index contributed by atoms with van der Waals surface area (Å²) in [5.41, 5.74) is -3.70. The number of likely N-dealkylation sites (tertiary alicyclic amines) is 1. The average molecular weight is 517 g/mol. The number of halogens is 9. The Morgan fingerprint density at radius 2 is 1.71 bits per heavy atom. The number of carbonyl (C=O) groups excluding carboxylic acids is 1.